The first-order chi connectivity index (χ1) is 18.6. The summed E-state index contributed by atoms with van der Waals surface area (Å²) in [4.78, 5) is 12.9. The molecule has 0 saturated carbocycles. The van der Waals surface area contributed by atoms with Crippen molar-refractivity contribution in [3.05, 3.63) is 137 Å². The second-order valence-corrected chi connectivity index (χ2v) is 8.74. The van der Waals surface area contributed by atoms with E-state index < -0.39 is 5.91 Å². The van der Waals surface area contributed by atoms with E-state index in [1.54, 1.807) is 48.5 Å². The van der Waals surface area contributed by atoms with Crippen LogP contribution in [-0.2, 0) is 17.9 Å². The van der Waals surface area contributed by atoms with Gasteiger partial charge in [0.2, 0.25) is 0 Å². The van der Waals surface area contributed by atoms with Crippen LogP contribution in [-0.4, -0.2) is 10.5 Å². The summed E-state index contributed by atoms with van der Waals surface area (Å²) in [6.45, 7) is 0.770. The number of nitrogens with one attached hydrogen (secondary N) is 1. The molecule has 1 amide bonds. The summed E-state index contributed by atoms with van der Waals surface area (Å²) in [6.07, 6.45) is 3.40. The number of nitriles is 1. The number of halogens is 1. The van der Waals surface area contributed by atoms with Crippen molar-refractivity contribution in [2.24, 2.45) is 0 Å². The molecule has 4 aromatic carbocycles. The van der Waals surface area contributed by atoms with Crippen molar-refractivity contribution in [2.75, 3.05) is 5.32 Å². The minimum absolute atomic E-state index is 0.0387. The number of amides is 1. The Labute approximate surface area is 220 Å². The Morgan fingerprint density at radius 3 is 2.39 bits per heavy atom. The van der Waals surface area contributed by atoms with E-state index in [2.05, 4.69) is 5.32 Å². The maximum atomic E-state index is 14.3. The van der Waals surface area contributed by atoms with Gasteiger partial charge in [-0.15, -0.1) is 0 Å². The molecule has 186 valence electrons. The predicted molar refractivity (Wildman–Crippen MR) is 147 cm³/mol. The van der Waals surface area contributed by atoms with Gasteiger partial charge in [0.1, 0.15) is 29.8 Å². The topological polar surface area (TPSA) is 67.0 Å². The monoisotopic (exact) mass is 501 g/mol. The highest BCUT2D eigenvalue weighted by atomic mass is 19.1. The molecule has 5 nitrogen and oxygen atoms in total. The zero-order chi connectivity index (χ0) is 26.3. The van der Waals surface area contributed by atoms with Gasteiger partial charge in [-0.2, -0.15) is 5.26 Å². The zero-order valence-corrected chi connectivity index (χ0v) is 20.5. The van der Waals surface area contributed by atoms with Gasteiger partial charge in [-0.3, -0.25) is 4.79 Å². The van der Waals surface area contributed by atoms with Crippen molar-refractivity contribution >= 4 is 28.6 Å². The molecule has 5 rings (SSSR count). The first-order valence-electron chi connectivity index (χ1n) is 12.1. The SMILES string of the molecule is N#C/C(=C\c1cn(Cc2ccccc2F)c2ccccc12)C(=O)Nc1ccc(OCc2ccccc2)cc1. The third-order valence-electron chi connectivity index (χ3n) is 6.14. The van der Waals surface area contributed by atoms with Gasteiger partial charge in [0.05, 0.1) is 6.54 Å². The summed E-state index contributed by atoms with van der Waals surface area (Å²) in [5, 5.41) is 13.4. The number of ether oxygens (including phenoxy) is 1. The number of anilines is 1. The van der Waals surface area contributed by atoms with Crippen LogP contribution in [0.25, 0.3) is 17.0 Å². The third kappa shape index (κ3) is 5.63. The van der Waals surface area contributed by atoms with Gasteiger partial charge in [-0.1, -0.05) is 66.7 Å². The van der Waals surface area contributed by atoms with Crippen LogP contribution in [0.5, 0.6) is 5.75 Å². The highest BCUT2D eigenvalue weighted by Gasteiger charge is 2.14. The maximum Gasteiger partial charge on any atom is 0.266 e. The predicted octanol–water partition coefficient (Wildman–Crippen LogP) is 6.95. The minimum Gasteiger partial charge on any atom is -0.489 e. The number of nitrogens with zero attached hydrogens (tertiary/aromatic N) is 2. The lowest BCUT2D eigenvalue weighted by Gasteiger charge is -2.08. The molecule has 0 radical (unpaired) electrons. The average molecular weight is 502 g/mol. The Balaban J connectivity index is 1.32. The molecule has 1 heterocycles. The molecule has 1 aromatic heterocycles. The van der Waals surface area contributed by atoms with E-state index in [4.69, 9.17) is 4.74 Å². The Morgan fingerprint density at radius 1 is 0.921 bits per heavy atom. The van der Waals surface area contributed by atoms with Crippen LogP contribution in [0.4, 0.5) is 10.1 Å². The molecule has 0 saturated heterocycles. The van der Waals surface area contributed by atoms with Gasteiger partial charge in [-0.25, -0.2) is 4.39 Å². The minimum atomic E-state index is -0.517. The molecule has 1 N–H and O–H groups in total. The van der Waals surface area contributed by atoms with Gasteiger partial charge in [0, 0.05) is 33.9 Å². The number of carbonyl (C=O) groups is 1. The summed E-state index contributed by atoms with van der Waals surface area (Å²) in [6, 6.07) is 33.1. The van der Waals surface area contributed by atoms with E-state index in [1.807, 2.05) is 71.4 Å². The molecule has 5 aromatic rings. The van der Waals surface area contributed by atoms with E-state index in [1.165, 1.54) is 6.07 Å². The molecule has 0 bridgehead atoms. The normalized spacial score (nSPS) is 11.2. The summed E-state index contributed by atoms with van der Waals surface area (Å²) >= 11 is 0. The van der Waals surface area contributed by atoms with Crippen LogP contribution in [0, 0.1) is 17.1 Å². The largest absolute Gasteiger partial charge is 0.489 e. The fourth-order valence-electron chi connectivity index (χ4n) is 4.21. The Hall–Kier alpha value is -5.15. The number of aromatic nitrogens is 1. The first kappa shape index (κ1) is 24.5. The summed E-state index contributed by atoms with van der Waals surface area (Å²) in [5.41, 5.74) is 3.70. The Morgan fingerprint density at radius 2 is 1.63 bits per heavy atom. The van der Waals surface area contributed by atoms with Crippen LogP contribution >= 0.6 is 0 Å². The summed E-state index contributed by atoms with van der Waals surface area (Å²) < 4.78 is 22.0. The van der Waals surface area contributed by atoms with Crippen molar-refractivity contribution in [3.63, 3.8) is 0 Å². The summed E-state index contributed by atoms with van der Waals surface area (Å²) in [7, 11) is 0. The molecule has 0 spiro atoms. The number of hydrogen-bond donors (Lipinski definition) is 1. The standard InChI is InChI=1S/C32H24FN3O2/c33-30-12-6-4-10-24(30)20-36-21-26(29-11-5-7-13-31(29)36)18-25(19-34)32(37)35-27-14-16-28(17-15-27)38-22-23-8-2-1-3-9-23/h1-18,21H,20,22H2,(H,35,37)/b25-18+. The third-order valence-corrected chi connectivity index (χ3v) is 6.14. The number of carbonyl (C=O) groups excluding carboxylic acids is 1. The summed E-state index contributed by atoms with van der Waals surface area (Å²) in [5.74, 6) is -0.127. The van der Waals surface area contributed by atoms with Crippen molar-refractivity contribution in [1.29, 1.82) is 5.26 Å². The number of rotatable bonds is 8. The zero-order valence-electron chi connectivity index (χ0n) is 20.5. The highest BCUT2D eigenvalue weighted by molar-refractivity contribution is 6.10. The van der Waals surface area contributed by atoms with Gasteiger partial charge < -0.3 is 14.6 Å². The second kappa shape index (κ2) is 11.3. The molecule has 6 heteroatoms. The molecular formula is C32H24FN3O2. The van der Waals surface area contributed by atoms with E-state index in [9.17, 15) is 14.4 Å². The maximum absolute atomic E-state index is 14.3. The van der Waals surface area contributed by atoms with Crippen molar-refractivity contribution in [2.45, 2.75) is 13.2 Å². The van der Waals surface area contributed by atoms with Crippen LogP contribution in [0.1, 0.15) is 16.7 Å². The smallest absolute Gasteiger partial charge is 0.266 e. The van der Waals surface area contributed by atoms with E-state index in [0.29, 0.717) is 35.7 Å². The molecule has 0 aliphatic carbocycles. The average Bonchev–Trinajstić information content (AvgIpc) is 3.30. The quantitative estimate of drug-likeness (QED) is 0.185. The van der Waals surface area contributed by atoms with Gasteiger partial charge in [-0.05, 0) is 48.0 Å². The molecule has 0 fully saturated rings. The van der Waals surface area contributed by atoms with Crippen LogP contribution in [0.2, 0.25) is 0 Å². The van der Waals surface area contributed by atoms with E-state index in [-0.39, 0.29) is 11.4 Å². The van der Waals surface area contributed by atoms with Crippen molar-refractivity contribution < 1.29 is 13.9 Å². The second-order valence-electron chi connectivity index (χ2n) is 8.74. The number of para-hydroxylation sites is 1. The van der Waals surface area contributed by atoms with Gasteiger partial charge in [0.25, 0.3) is 5.91 Å². The van der Waals surface area contributed by atoms with E-state index in [0.717, 1.165) is 16.5 Å². The van der Waals surface area contributed by atoms with Crippen LogP contribution in [0.15, 0.2) is 115 Å². The van der Waals surface area contributed by atoms with Crippen molar-refractivity contribution in [1.82, 2.24) is 4.57 Å². The number of fused-ring (bicyclic) bond motifs is 1. The Bertz CT molecular complexity index is 1650. The first-order valence-corrected chi connectivity index (χ1v) is 12.1. The lowest BCUT2D eigenvalue weighted by Crippen LogP contribution is -2.13. The van der Waals surface area contributed by atoms with Crippen LogP contribution < -0.4 is 10.1 Å². The van der Waals surface area contributed by atoms with Crippen molar-refractivity contribution in [3.8, 4) is 11.8 Å². The van der Waals surface area contributed by atoms with Gasteiger partial charge in [0.15, 0.2) is 0 Å². The van der Waals surface area contributed by atoms with E-state index >= 15 is 0 Å². The van der Waals surface area contributed by atoms with Crippen LogP contribution in [0.3, 0.4) is 0 Å². The van der Waals surface area contributed by atoms with Gasteiger partial charge >= 0.3 is 0 Å². The molecule has 0 unspecified atom stereocenters. The number of benzene rings is 4. The molecule has 38 heavy (non-hydrogen) atoms. The molecule has 0 aliphatic rings. The number of hydrogen-bond acceptors (Lipinski definition) is 3. The highest BCUT2D eigenvalue weighted by Crippen LogP contribution is 2.26. The molecular weight excluding hydrogens is 477 g/mol. The lowest BCUT2D eigenvalue weighted by atomic mass is 10.1. The molecule has 0 atom stereocenters. The lowest BCUT2D eigenvalue weighted by molar-refractivity contribution is -0.112. The fraction of sp³-hybridized carbons (Fsp3) is 0.0625. The fourth-order valence-corrected chi connectivity index (χ4v) is 4.21. The molecule has 0 aliphatic heterocycles. The Kier molecular flexibility index (Phi) is 7.28.